The Balaban J connectivity index is 1.68. The summed E-state index contributed by atoms with van der Waals surface area (Å²) in [5.74, 6) is -2.18. The maximum absolute atomic E-state index is 12.7. The summed E-state index contributed by atoms with van der Waals surface area (Å²) in [5, 5.41) is 4.78. The van der Waals surface area contributed by atoms with Crippen LogP contribution in [-0.2, 0) is 14.3 Å². The standard InChI is InChI=1S/C15H14FN3O4/c16-10-3-5-11(6-4-10)19-13(20)8-18-14(21)9-23-15(22)12-2-1-7-17-12/h1-7,17H,8-9H2,(H,18,21)(H,19,20). The van der Waals surface area contributed by atoms with Crippen molar-refractivity contribution in [2.75, 3.05) is 18.5 Å². The summed E-state index contributed by atoms with van der Waals surface area (Å²) in [5.41, 5.74) is 0.635. The van der Waals surface area contributed by atoms with Crippen LogP contribution in [-0.4, -0.2) is 35.9 Å². The van der Waals surface area contributed by atoms with Gasteiger partial charge < -0.3 is 20.4 Å². The van der Waals surface area contributed by atoms with E-state index < -0.39 is 30.2 Å². The highest BCUT2D eigenvalue weighted by Gasteiger charge is 2.11. The van der Waals surface area contributed by atoms with Gasteiger partial charge >= 0.3 is 5.97 Å². The van der Waals surface area contributed by atoms with E-state index in [-0.39, 0.29) is 12.2 Å². The lowest BCUT2D eigenvalue weighted by Crippen LogP contribution is -2.35. The number of aromatic amines is 1. The summed E-state index contributed by atoms with van der Waals surface area (Å²) < 4.78 is 17.5. The molecule has 0 saturated carbocycles. The summed E-state index contributed by atoms with van der Waals surface area (Å²) in [6.45, 7) is -0.794. The van der Waals surface area contributed by atoms with Gasteiger partial charge in [-0.3, -0.25) is 9.59 Å². The molecule has 120 valence electrons. The Kier molecular flexibility index (Phi) is 5.45. The molecule has 3 N–H and O–H groups in total. The molecule has 0 aliphatic heterocycles. The van der Waals surface area contributed by atoms with Crippen LogP contribution in [0.15, 0.2) is 42.6 Å². The SMILES string of the molecule is O=C(COC(=O)c1ccc[nH]1)NCC(=O)Nc1ccc(F)cc1. The first-order chi connectivity index (χ1) is 11.0. The van der Waals surface area contributed by atoms with E-state index in [4.69, 9.17) is 4.74 Å². The van der Waals surface area contributed by atoms with Crippen LogP contribution in [0.1, 0.15) is 10.5 Å². The molecule has 1 aromatic heterocycles. The maximum Gasteiger partial charge on any atom is 0.355 e. The van der Waals surface area contributed by atoms with Crippen molar-refractivity contribution in [3.8, 4) is 0 Å². The van der Waals surface area contributed by atoms with E-state index in [0.29, 0.717) is 5.69 Å². The number of hydrogen-bond acceptors (Lipinski definition) is 4. The minimum Gasteiger partial charge on any atom is -0.451 e. The molecule has 0 saturated heterocycles. The molecule has 2 rings (SSSR count). The largest absolute Gasteiger partial charge is 0.451 e. The fraction of sp³-hybridized carbons (Fsp3) is 0.133. The van der Waals surface area contributed by atoms with E-state index in [9.17, 15) is 18.8 Å². The molecule has 2 aromatic rings. The minimum atomic E-state index is -0.666. The van der Waals surface area contributed by atoms with Gasteiger partial charge in [0.15, 0.2) is 6.61 Å². The molecule has 0 radical (unpaired) electrons. The second kappa shape index (κ2) is 7.74. The van der Waals surface area contributed by atoms with Crippen LogP contribution in [0.25, 0.3) is 0 Å². The van der Waals surface area contributed by atoms with Gasteiger partial charge in [0.05, 0.1) is 6.54 Å². The van der Waals surface area contributed by atoms with Gasteiger partial charge in [0.25, 0.3) is 5.91 Å². The van der Waals surface area contributed by atoms with Crippen molar-refractivity contribution in [1.82, 2.24) is 10.3 Å². The van der Waals surface area contributed by atoms with Crippen LogP contribution in [0.3, 0.4) is 0 Å². The van der Waals surface area contributed by atoms with E-state index in [0.717, 1.165) is 0 Å². The van der Waals surface area contributed by atoms with Gasteiger partial charge in [-0.05, 0) is 36.4 Å². The molecule has 0 fully saturated rings. The van der Waals surface area contributed by atoms with Crippen LogP contribution in [0.5, 0.6) is 0 Å². The van der Waals surface area contributed by atoms with Gasteiger partial charge in [0.1, 0.15) is 11.5 Å². The molecule has 1 aromatic carbocycles. The fourth-order valence-electron chi connectivity index (χ4n) is 1.63. The van der Waals surface area contributed by atoms with Crippen molar-refractivity contribution in [2.45, 2.75) is 0 Å². The molecule has 7 nitrogen and oxygen atoms in total. The van der Waals surface area contributed by atoms with Gasteiger partial charge in [-0.1, -0.05) is 0 Å². The van der Waals surface area contributed by atoms with E-state index >= 15 is 0 Å². The molecular formula is C15H14FN3O4. The molecule has 0 aliphatic carbocycles. The second-order valence-electron chi connectivity index (χ2n) is 4.49. The number of halogens is 1. The van der Waals surface area contributed by atoms with Crippen molar-refractivity contribution < 1.29 is 23.5 Å². The molecule has 8 heteroatoms. The first kappa shape index (κ1) is 16.2. The molecule has 1 heterocycles. The average molecular weight is 319 g/mol. The number of H-pyrrole nitrogens is 1. The fourth-order valence-corrected chi connectivity index (χ4v) is 1.63. The first-order valence-corrected chi connectivity index (χ1v) is 6.67. The Hall–Kier alpha value is -3.16. The number of nitrogens with one attached hydrogen (secondary N) is 3. The predicted molar refractivity (Wildman–Crippen MR) is 79.1 cm³/mol. The molecule has 0 unspecified atom stereocenters. The van der Waals surface area contributed by atoms with Gasteiger partial charge in [-0.2, -0.15) is 0 Å². The number of ether oxygens (including phenoxy) is 1. The third-order valence-corrected chi connectivity index (χ3v) is 2.73. The van der Waals surface area contributed by atoms with Crippen LogP contribution in [0, 0.1) is 5.82 Å². The highest BCUT2D eigenvalue weighted by molar-refractivity contribution is 5.95. The molecule has 0 bridgehead atoms. The average Bonchev–Trinajstić information content (AvgIpc) is 3.07. The van der Waals surface area contributed by atoms with E-state index in [1.807, 2.05) is 0 Å². The third kappa shape index (κ3) is 5.27. The first-order valence-electron chi connectivity index (χ1n) is 6.67. The zero-order valence-corrected chi connectivity index (χ0v) is 12.0. The molecule has 23 heavy (non-hydrogen) atoms. The zero-order valence-electron chi connectivity index (χ0n) is 12.0. The predicted octanol–water partition coefficient (Wildman–Crippen LogP) is 1.07. The van der Waals surface area contributed by atoms with E-state index in [2.05, 4.69) is 15.6 Å². The number of aromatic nitrogens is 1. The summed E-state index contributed by atoms with van der Waals surface area (Å²) >= 11 is 0. The lowest BCUT2D eigenvalue weighted by molar-refractivity contribution is -0.126. The van der Waals surface area contributed by atoms with Crippen LogP contribution in [0.4, 0.5) is 10.1 Å². The lowest BCUT2D eigenvalue weighted by atomic mass is 10.3. The van der Waals surface area contributed by atoms with Gasteiger partial charge in [-0.25, -0.2) is 9.18 Å². The molecule has 2 amide bonds. The number of carbonyl (C=O) groups excluding carboxylic acids is 3. The Morgan fingerprint density at radius 2 is 1.83 bits per heavy atom. The van der Waals surface area contributed by atoms with Crippen molar-refractivity contribution in [2.24, 2.45) is 0 Å². The quantitative estimate of drug-likeness (QED) is 0.693. The number of esters is 1. The van der Waals surface area contributed by atoms with Crippen molar-refractivity contribution in [3.05, 3.63) is 54.1 Å². The summed E-state index contributed by atoms with van der Waals surface area (Å²) in [4.78, 5) is 37.2. The smallest absolute Gasteiger partial charge is 0.355 e. The molecule has 0 atom stereocenters. The summed E-state index contributed by atoms with van der Waals surface area (Å²) in [6, 6.07) is 8.33. The Morgan fingerprint density at radius 1 is 1.09 bits per heavy atom. The van der Waals surface area contributed by atoms with Crippen molar-refractivity contribution in [1.29, 1.82) is 0 Å². The zero-order chi connectivity index (χ0) is 16.7. The van der Waals surface area contributed by atoms with E-state index in [1.165, 1.54) is 30.3 Å². The lowest BCUT2D eigenvalue weighted by Gasteiger charge is -2.07. The number of anilines is 1. The Morgan fingerprint density at radius 3 is 2.48 bits per heavy atom. The number of rotatable bonds is 6. The molecular weight excluding hydrogens is 305 g/mol. The van der Waals surface area contributed by atoms with Crippen molar-refractivity contribution in [3.63, 3.8) is 0 Å². The summed E-state index contributed by atoms with van der Waals surface area (Å²) in [6.07, 6.45) is 1.55. The minimum absolute atomic E-state index is 0.229. The highest BCUT2D eigenvalue weighted by atomic mass is 19.1. The Labute approximate surface area is 130 Å². The van der Waals surface area contributed by atoms with E-state index in [1.54, 1.807) is 12.3 Å². The Bertz CT molecular complexity index is 683. The van der Waals surface area contributed by atoms with Crippen molar-refractivity contribution >= 4 is 23.5 Å². The van der Waals surface area contributed by atoms with Crippen LogP contribution in [0.2, 0.25) is 0 Å². The maximum atomic E-state index is 12.7. The van der Waals surface area contributed by atoms with Gasteiger partial charge in [0, 0.05) is 11.9 Å². The third-order valence-electron chi connectivity index (χ3n) is 2.73. The highest BCUT2D eigenvalue weighted by Crippen LogP contribution is 2.07. The summed E-state index contributed by atoms with van der Waals surface area (Å²) in [7, 11) is 0. The number of amides is 2. The second-order valence-corrected chi connectivity index (χ2v) is 4.49. The van der Waals surface area contributed by atoms with Gasteiger partial charge in [-0.15, -0.1) is 0 Å². The normalized spacial score (nSPS) is 9.96. The molecule has 0 spiro atoms. The number of hydrogen-bond donors (Lipinski definition) is 3. The number of benzene rings is 1. The topological polar surface area (TPSA) is 100 Å². The van der Waals surface area contributed by atoms with Crippen LogP contribution < -0.4 is 10.6 Å². The molecule has 0 aliphatic rings. The van der Waals surface area contributed by atoms with Gasteiger partial charge in [0.2, 0.25) is 5.91 Å². The monoisotopic (exact) mass is 319 g/mol. The number of carbonyl (C=O) groups is 3. The van der Waals surface area contributed by atoms with Crippen LogP contribution >= 0.6 is 0 Å².